The zero-order chi connectivity index (χ0) is 15.7. The standard InChI is InChI=1S/C17H22FN3O/c1-12-16(17(22-3)20(2)19-12)11-21-9-14(10-21)8-13-4-6-15(18)7-5-13/h4-7,14H,8-11H2,1-3H3. The minimum Gasteiger partial charge on any atom is -0.481 e. The molecular weight excluding hydrogens is 281 g/mol. The molecule has 0 aliphatic carbocycles. The van der Waals surface area contributed by atoms with Crippen LogP contribution in [0.15, 0.2) is 24.3 Å². The molecular formula is C17H22FN3O. The Labute approximate surface area is 130 Å². The van der Waals surface area contributed by atoms with Gasteiger partial charge in [-0.05, 0) is 37.0 Å². The largest absolute Gasteiger partial charge is 0.481 e. The van der Waals surface area contributed by atoms with Crippen LogP contribution in [0.2, 0.25) is 0 Å². The van der Waals surface area contributed by atoms with Crippen LogP contribution in [0, 0.1) is 18.7 Å². The van der Waals surface area contributed by atoms with Crippen molar-refractivity contribution in [3.05, 3.63) is 46.9 Å². The predicted molar refractivity (Wildman–Crippen MR) is 83.4 cm³/mol. The number of aromatic nitrogens is 2. The quantitative estimate of drug-likeness (QED) is 0.850. The molecule has 2 aromatic rings. The van der Waals surface area contributed by atoms with Gasteiger partial charge in [0.05, 0.1) is 18.4 Å². The summed E-state index contributed by atoms with van der Waals surface area (Å²) < 4.78 is 20.1. The van der Waals surface area contributed by atoms with Crippen LogP contribution in [-0.4, -0.2) is 34.9 Å². The van der Waals surface area contributed by atoms with Crippen molar-refractivity contribution in [2.24, 2.45) is 13.0 Å². The SMILES string of the molecule is COc1c(CN2CC(Cc3ccc(F)cc3)C2)c(C)nn1C. The molecule has 1 saturated heterocycles. The maximum atomic E-state index is 12.9. The lowest BCUT2D eigenvalue weighted by atomic mass is 9.92. The predicted octanol–water partition coefficient (Wildman–Crippen LogP) is 2.55. The van der Waals surface area contributed by atoms with Gasteiger partial charge in [-0.15, -0.1) is 0 Å². The number of ether oxygens (including phenoxy) is 1. The molecule has 1 aliphatic rings. The molecule has 5 heteroatoms. The van der Waals surface area contributed by atoms with Crippen molar-refractivity contribution in [3.63, 3.8) is 0 Å². The van der Waals surface area contributed by atoms with E-state index < -0.39 is 0 Å². The van der Waals surface area contributed by atoms with Crippen molar-refractivity contribution >= 4 is 0 Å². The zero-order valence-corrected chi connectivity index (χ0v) is 13.3. The van der Waals surface area contributed by atoms with E-state index in [4.69, 9.17) is 4.74 Å². The van der Waals surface area contributed by atoms with Crippen LogP contribution in [0.1, 0.15) is 16.8 Å². The summed E-state index contributed by atoms with van der Waals surface area (Å²) in [6.07, 6.45) is 1.01. The first kappa shape index (κ1) is 15.0. The molecule has 22 heavy (non-hydrogen) atoms. The molecule has 0 amide bonds. The maximum Gasteiger partial charge on any atom is 0.216 e. The van der Waals surface area contributed by atoms with Gasteiger partial charge in [-0.2, -0.15) is 5.10 Å². The van der Waals surface area contributed by atoms with Crippen LogP contribution >= 0.6 is 0 Å². The van der Waals surface area contributed by atoms with Crippen LogP contribution in [0.4, 0.5) is 4.39 Å². The monoisotopic (exact) mass is 303 g/mol. The van der Waals surface area contributed by atoms with Gasteiger partial charge in [-0.1, -0.05) is 12.1 Å². The van der Waals surface area contributed by atoms with Crippen molar-refractivity contribution in [2.75, 3.05) is 20.2 Å². The Kier molecular flexibility index (Phi) is 4.16. The fourth-order valence-corrected chi connectivity index (χ4v) is 3.23. The van der Waals surface area contributed by atoms with Crippen LogP contribution < -0.4 is 4.74 Å². The fraction of sp³-hybridized carbons (Fsp3) is 0.471. The third-order valence-corrected chi connectivity index (χ3v) is 4.33. The van der Waals surface area contributed by atoms with Gasteiger partial charge in [0, 0.05) is 26.7 Å². The van der Waals surface area contributed by atoms with Gasteiger partial charge in [-0.25, -0.2) is 9.07 Å². The molecule has 2 heterocycles. The maximum absolute atomic E-state index is 12.9. The first-order valence-corrected chi connectivity index (χ1v) is 7.60. The Morgan fingerprint density at radius 2 is 1.95 bits per heavy atom. The Hall–Kier alpha value is -1.88. The van der Waals surface area contributed by atoms with E-state index >= 15 is 0 Å². The lowest BCUT2D eigenvalue weighted by molar-refractivity contribution is 0.0913. The average Bonchev–Trinajstić information content (AvgIpc) is 2.72. The van der Waals surface area contributed by atoms with Gasteiger partial charge in [0.15, 0.2) is 0 Å². The lowest BCUT2D eigenvalue weighted by Crippen LogP contribution is -2.46. The lowest BCUT2D eigenvalue weighted by Gasteiger charge is -2.39. The summed E-state index contributed by atoms with van der Waals surface area (Å²) in [6.45, 7) is 5.03. The summed E-state index contributed by atoms with van der Waals surface area (Å²) in [5, 5.41) is 4.42. The molecule has 0 N–H and O–H groups in total. The van der Waals surface area contributed by atoms with E-state index in [-0.39, 0.29) is 5.82 Å². The summed E-state index contributed by atoms with van der Waals surface area (Å²) in [4.78, 5) is 2.40. The van der Waals surface area contributed by atoms with Crippen LogP contribution in [0.25, 0.3) is 0 Å². The van der Waals surface area contributed by atoms with Gasteiger partial charge < -0.3 is 4.74 Å². The highest BCUT2D eigenvalue weighted by atomic mass is 19.1. The molecule has 1 fully saturated rings. The molecule has 4 nitrogen and oxygen atoms in total. The minimum atomic E-state index is -0.168. The molecule has 1 aromatic heterocycles. The summed E-state index contributed by atoms with van der Waals surface area (Å²) in [6, 6.07) is 6.84. The van der Waals surface area contributed by atoms with Crippen molar-refractivity contribution in [2.45, 2.75) is 19.9 Å². The highest BCUT2D eigenvalue weighted by Crippen LogP contribution is 2.27. The summed E-state index contributed by atoms with van der Waals surface area (Å²) in [5.74, 6) is 1.33. The van der Waals surface area contributed by atoms with E-state index in [1.165, 1.54) is 23.3 Å². The number of rotatable bonds is 5. The molecule has 1 aliphatic heterocycles. The minimum absolute atomic E-state index is 0.168. The molecule has 118 valence electrons. The van der Waals surface area contributed by atoms with Crippen LogP contribution in [0.5, 0.6) is 5.88 Å². The van der Waals surface area contributed by atoms with E-state index in [1.54, 1.807) is 11.8 Å². The van der Waals surface area contributed by atoms with E-state index in [9.17, 15) is 4.39 Å². The molecule has 0 saturated carbocycles. The highest BCUT2D eigenvalue weighted by Gasteiger charge is 2.28. The number of methoxy groups -OCH3 is 1. The second-order valence-electron chi connectivity index (χ2n) is 6.09. The van der Waals surface area contributed by atoms with Gasteiger partial charge in [0.1, 0.15) is 5.82 Å². The third kappa shape index (κ3) is 2.99. The molecule has 0 radical (unpaired) electrons. The first-order valence-electron chi connectivity index (χ1n) is 7.60. The van der Waals surface area contributed by atoms with Crippen LogP contribution in [-0.2, 0) is 20.0 Å². The van der Waals surface area contributed by atoms with E-state index in [0.29, 0.717) is 5.92 Å². The fourth-order valence-electron chi connectivity index (χ4n) is 3.23. The normalized spacial score (nSPS) is 15.8. The molecule has 0 bridgehead atoms. The van der Waals surface area contributed by atoms with E-state index in [2.05, 4.69) is 10.00 Å². The molecule has 3 rings (SSSR count). The van der Waals surface area contributed by atoms with Crippen molar-refractivity contribution in [3.8, 4) is 5.88 Å². The van der Waals surface area contributed by atoms with Gasteiger partial charge in [0.25, 0.3) is 0 Å². The second kappa shape index (κ2) is 6.08. The van der Waals surface area contributed by atoms with Crippen molar-refractivity contribution in [1.29, 1.82) is 0 Å². The van der Waals surface area contributed by atoms with E-state index in [1.807, 2.05) is 26.1 Å². The topological polar surface area (TPSA) is 30.3 Å². The number of halogens is 1. The van der Waals surface area contributed by atoms with Crippen LogP contribution in [0.3, 0.4) is 0 Å². The molecule has 0 spiro atoms. The Morgan fingerprint density at radius 3 is 2.59 bits per heavy atom. The number of likely N-dealkylation sites (tertiary alicyclic amines) is 1. The Balaban J connectivity index is 1.55. The van der Waals surface area contributed by atoms with Gasteiger partial charge >= 0.3 is 0 Å². The second-order valence-corrected chi connectivity index (χ2v) is 6.09. The van der Waals surface area contributed by atoms with Crippen molar-refractivity contribution in [1.82, 2.24) is 14.7 Å². The molecule has 1 aromatic carbocycles. The van der Waals surface area contributed by atoms with Crippen molar-refractivity contribution < 1.29 is 9.13 Å². The summed E-state index contributed by atoms with van der Waals surface area (Å²) >= 11 is 0. The van der Waals surface area contributed by atoms with Gasteiger partial charge in [-0.3, -0.25) is 4.90 Å². The number of aryl methyl sites for hydroxylation is 2. The number of nitrogens with zero attached hydrogens (tertiary/aromatic N) is 3. The number of hydrogen-bond acceptors (Lipinski definition) is 3. The first-order chi connectivity index (χ1) is 10.6. The Bertz CT molecular complexity index is 645. The number of hydrogen-bond donors (Lipinski definition) is 0. The third-order valence-electron chi connectivity index (χ3n) is 4.33. The summed E-state index contributed by atoms with van der Waals surface area (Å²) in [7, 11) is 3.59. The molecule has 0 unspecified atom stereocenters. The average molecular weight is 303 g/mol. The van der Waals surface area contributed by atoms with Gasteiger partial charge in [0.2, 0.25) is 5.88 Å². The zero-order valence-electron chi connectivity index (χ0n) is 13.3. The Morgan fingerprint density at radius 1 is 1.27 bits per heavy atom. The van der Waals surface area contributed by atoms with E-state index in [0.717, 1.165) is 37.6 Å². The summed E-state index contributed by atoms with van der Waals surface area (Å²) in [5.41, 5.74) is 3.41. The highest BCUT2D eigenvalue weighted by molar-refractivity contribution is 5.31. The number of benzene rings is 1. The smallest absolute Gasteiger partial charge is 0.216 e. The molecule has 0 atom stereocenters.